The molecule has 146 valence electrons. The Bertz CT molecular complexity index is 466. The van der Waals surface area contributed by atoms with Crippen molar-refractivity contribution >= 4 is 5.91 Å². The predicted octanol–water partition coefficient (Wildman–Crippen LogP) is 3.95. The van der Waals surface area contributed by atoms with Gasteiger partial charge in [-0.1, -0.05) is 57.8 Å². The molecular formula is C21H35N3O2. The van der Waals surface area contributed by atoms with Crippen molar-refractivity contribution in [3.05, 3.63) is 11.8 Å². The molecule has 5 heteroatoms. The zero-order valence-corrected chi connectivity index (χ0v) is 16.1. The Kier molecular flexibility index (Phi) is 10.2. The Hall–Kier alpha value is -1.54. The first-order valence-electron chi connectivity index (χ1n) is 10.6. The number of rotatable bonds is 5. The summed E-state index contributed by atoms with van der Waals surface area (Å²) >= 11 is 0. The Morgan fingerprint density at radius 3 is 2.12 bits per heavy atom. The SMILES string of the molecule is N#C/C(=C/NC1CCCCCCCCCCC1)C(=O)NCC1CCCO1. The summed E-state index contributed by atoms with van der Waals surface area (Å²) in [5.74, 6) is -0.302. The van der Waals surface area contributed by atoms with E-state index in [0.717, 1.165) is 32.3 Å². The van der Waals surface area contributed by atoms with E-state index < -0.39 is 0 Å². The molecule has 1 unspecified atom stereocenters. The fourth-order valence-electron chi connectivity index (χ4n) is 3.79. The third-order valence-electron chi connectivity index (χ3n) is 5.45. The molecule has 1 heterocycles. The zero-order valence-electron chi connectivity index (χ0n) is 16.1. The van der Waals surface area contributed by atoms with Crippen LogP contribution in [0.2, 0.25) is 0 Å². The van der Waals surface area contributed by atoms with Gasteiger partial charge in [-0.2, -0.15) is 5.26 Å². The lowest BCUT2D eigenvalue weighted by Crippen LogP contribution is -2.33. The summed E-state index contributed by atoms with van der Waals surface area (Å²) < 4.78 is 5.51. The highest BCUT2D eigenvalue weighted by atomic mass is 16.5. The molecule has 1 atom stereocenters. The van der Waals surface area contributed by atoms with Crippen LogP contribution in [0.15, 0.2) is 11.8 Å². The lowest BCUT2D eigenvalue weighted by atomic mass is 9.98. The van der Waals surface area contributed by atoms with E-state index in [-0.39, 0.29) is 17.6 Å². The molecule has 0 bridgehead atoms. The summed E-state index contributed by atoms with van der Waals surface area (Å²) in [5.41, 5.74) is 0.161. The van der Waals surface area contributed by atoms with Crippen molar-refractivity contribution in [1.29, 1.82) is 5.26 Å². The summed E-state index contributed by atoms with van der Waals surface area (Å²) in [5, 5.41) is 15.5. The zero-order chi connectivity index (χ0) is 18.5. The molecule has 1 amide bonds. The second-order valence-corrected chi connectivity index (χ2v) is 7.64. The smallest absolute Gasteiger partial charge is 0.263 e. The molecule has 2 fully saturated rings. The van der Waals surface area contributed by atoms with Crippen LogP contribution in [-0.4, -0.2) is 31.2 Å². The molecular weight excluding hydrogens is 326 g/mol. The van der Waals surface area contributed by atoms with Crippen LogP contribution in [0.25, 0.3) is 0 Å². The monoisotopic (exact) mass is 361 g/mol. The maximum absolute atomic E-state index is 12.2. The van der Waals surface area contributed by atoms with Crippen LogP contribution in [0.3, 0.4) is 0 Å². The largest absolute Gasteiger partial charge is 0.387 e. The predicted molar refractivity (Wildman–Crippen MR) is 103 cm³/mol. The highest BCUT2D eigenvalue weighted by Crippen LogP contribution is 2.17. The van der Waals surface area contributed by atoms with Crippen LogP contribution < -0.4 is 10.6 Å². The minimum absolute atomic E-state index is 0.0955. The minimum atomic E-state index is -0.302. The molecule has 1 aliphatic heterocycles. The number of carbonyl (C=O) groups is 1. The molecule has 26 heavy (non-hydrogen) atoms. The summed E-state index contributed by atoms with van der Waals surface area (Å²) in [7, 11) is 0. The first-order chi connectivity index (χ1) is 12.8. The number of nitriles is 1. The normalized spacial score (nSPS) is 24.1. The van der Waals surface area contributed by atoms with E-state index in [9.17, 15) is 10.1 Å². The number of amides is 1. The van der Waals surface area contributed by atoms with Gasteiger partial charge in [0.1, 0.15) is 11.6 Å². The van der Waals surface area contributed by atoms with Crippen molar-refractivity contribution < 1.29 is 9.53 Å². The van der Waals surface area contributed by atoms with Gasteiger partial charge in [0.05, 0.1) is 6.10 Å². The molecule has 0 aromatic rings. The Morgan fingerprint density at radius 2 is 1.58 bits per heavy atom. The Morgan fingerprint density at radius 1 is 0.962 bits per heavy atom. The summed E-state index contributed by atoms with van der Waals surface area (Å²) in [6, 6.07) is 2.40. The second-order valence-electron chi connectivity index (χ2n) is 7.64. The lowest BCUT2D eigenvalue weighted by Gasteiger charge is -2.18. The molecule has 2 N–H and O–H groups in total. The van der Waals surface area contributed by atoms with Gasteiger partial charge in [-0.3, -0.25) is 4.79 Å². The molecule has 1 aliphatic carbocycles. The molecule has 0 radical (unpaired) electrons. The average Bonchev–Trinajstić information content (AvgIpc) is 3.15. The third kappa shape index (κ3) is 8.23. The molecule has 0 aromatic carbocycles. The van der Waals surface area contributed by atoms with Crippen molar-refractivity contribution in [3.8, 4) is 6.07 Å². The van der Waals surface area contributed by atoms with Crippen molar-refractivity contribution in [2.45, 2.75) is 95.6 Å². The highest BCUT2D eigenvalue weighted by molar-refractivity contribution is 5.97. The average molecular weight is 362 g/mol. The number of nitrogens with one attached hydrogen (secondary N) is 2. The van der Waals surface area contributed by atoms with Crippen LogP contribution in [0.1, 0.15) is 83.5 Å². The number of ether oxygens (including phenoxy) is 1. The standard InChI is InChI=1S/C21H35N3O2/c22-15-18(21(25)24-17-20-13-10-14-26-20)16-23-19-11-8-6-4-2-1-3-5-7-9-12-19/h16,19-20,23H,1-14,17H2,(H,24,25)/b18-16-. The molecule has 0 spiro atoms. The van der Waals surface area contributed by atoms with E-state index in [2.05, 4.69) is 10.6 Å². The van der Waals surface area contributed by atoms with Crippen LogP contribution in [0.5, 0.6) is 0 Å². The van der Waals surface area contributed by atoms with Gasteiger partial charge in [-0.05, 0) is 25.7 Å². The van der Waals surface area contributed by atoms with Gasteiger partial charge >= 0.3 is 0 Å². The Labute approximate surface area is 158 Å². The van der Waals surface area contributed by atoms with E-state index >= 15 is 0 Å². The lowest BCUT2D eigenvalue weighted by molar-refractivity contribution is -0.117. The molecule has 2 aliphatic rings. The summed E-state index contributed by atoms with van der Waals surface area (Å²) in [6.07, 6.45) is 17.8. The number of hydrogen-bond donors (Lipinski definition) is 2. The number of nitrogens with zero attached hydrogens (tertiary/aromatic N) is 1. The van der Waals surface area contributed by atoms with E-state index in [1.165, 1.54) is 57.8 Å². The maximum Gasteiger partial charge on any atom is 0.263 e. The fourth-order valence-corrected chi connectivity index (χ4v) is 3.79. The van der Waals surface area contributed by atoms with Gasteiger partial charge < -0.3 is 15.4 Å². The van der Waals surface area contributed by atoms with Gasteiger partial charge in [0.15, 0.2) is 0 Å². The molecule has 0 aromatic heterocycles. The van der Waals surface area contributed by atoms with Gasteiger partial charge in [0.25, 0.3) is 5.91 Å². The van der Waals surface area contributed by atoms with E-state index in [4.69, 9.17) is 4.74 Å². The first kappa shape index (κ1) is 20.8. The van der Waals surface area contributed by atoms with Crippen LogP contribution in [0, 0.1) is 11.3 Å². The molecule has 2 rings (SSSR count). The first-order valence-corrected chi connectivity index (χ1v) is 10.6. The number of carbonyl (C=O) groups excluding carboxylic acids is 1. The minimum Gasteiger partial charge on any atom is -0.387 e. The van der Waals surface area contributed by atoms with Gasteiger partial charge in [0, 0.05) is 25.4 Å². The van der Waals surface area contributed by atoms with Gasteiger partial charge in [-0.25, -0.2) is 0 Å². The quantitative estimate of drug-likeness (QED) is 0.574. The topological polar surface area (TPSA) is 74.2 Å². The maximum atomic E-state index is 12.2. The van der Waals surface area contributed by atoms with Crippen molar-refractivity contribution in [2.75, 3.05) is 13.2 Å². The molecule has 1 saturated carbocycles. The fraction of sp³-hybridized carbons (Fsp3) is 0.810. The van der Waals surface area contributed by atoms with Gasteiger partial charge in [0.2, 0.25) is 0 Å². The molecule has 5 nitrogen and oxygen atoms in total. The van der Waals surface area contributed by atoms with E-state index in [1.807, 2.05) is 6.07 Å². The van der Waals surface area contributed by atoms with Gasteiger partial charge in [-0.15, -0.1) is 0 Å². The number of hydrogen-bond acceptors (Lipinski definition) is 4. The highest BCUT2D eigenvalue weighted by Gasteiger charge is 2.18. The summed E-state index contributed by atoms with van der Waals surface area (Å²) in [4.78, 5) is 12.2. The summed E-state index contributed by atoms with van der Waals surface area (Å²) in [6.45, 7) is 1.26. The van der Waals surface area contributed by atoms with Crippen molar-refractivity contribution in [2.24, 2.45) is 0 Å². The van der Waals surface area contributed by atoms with Crippen LogP contribution in [0.4, 0.5) is 0 Å². The van der Waals surface area contributed by atoms with Crippen LogP contribution in [-0.2, 0) is 9.53 Å². The van der Waals surface area contributed by atoms with Crippen molar-refractivity contribution in [1.82, 2.24) is 10.6 Å². The third-order valence-corrected chi connectivity index (χ3v) is 5.45. The van der Waals surface area contributed by atoms with E-state index in [1.54, 1.807) is 6.20 Å². The molecule has 1 saturated heterocycles. The van der Waals surface area contributed by atoms with E-state index in [0.29, 0.717) is 12.6 Å². The van der Waals surface area contributed by atoms with Crippen LogP contribution >= 0.6 is 0 Å². The Balaban J connectivity index is 1.79. The second kappa shape index (κ2) is 12.8. The van der Waals surface area contributed by atoms with Crippen molar-refractivity contribution in [3.63, 3.8) is 0 Å².